The van der Waals surface area contributed by atoms with Gasteiger partial charge in [0.1, 0.15) is 0 Å². The summed E-state index contributed by atoms with van der Waals surface area (Å²) in [4.78, 5) is 59.1. The van der Waals surface area contributed by atoms with Gasteiger partial charge in [0.25, 0.3) is 0 Å². The van der Waals surface area contributed by atoms with E-state index in [1.54, 1.807) is 19.6 Å². The maximum atomic E-state index is 12.6. The second kappa shape index (κ2) is 10.7. The van der Waals surface area contributed by atoms with Crippen molar-refractivity contribution in [2.24, 2.45) is 0 Å². The highest BCUT2D eigenvalue weighted by molar-refractivity contribution is 7.89. The highest BCUT2D eigenvalue weighted by atomic mass is 32.2. The third kappa shape index (κ3) is 6.82. The van der Waals surface area contributed by atoms with E-state index in [2.05, 4.69) is 9.44 Å². The summed E-state index contributed by atoms with van der Waals surface area (Å²) in [7, 11) is -6.61. The van der Waals surface area contributed by atoms with Crippen molar-refractivity contribution >= 4 is 43.7 Å². The van der Waals surface area contributed by atoms with Gasteiger partial charge in [0.2, 0.25) is 43.7 Å². The van der Waals surface area contributed by atoms with E-state index in [9.17, 15) is 36.0 Å². The number of sulfonamides is 2. The molecule has 4 amide bonds. The number of carbonyl (C=O) groups is 4. The second-order valence-electron chi connectivity index (χ2n) is 9.17. The Morgan fingerprint density at radius 1 is 0.556 bits per heavy atom. The fourth-order valence-corrected chi connectivity index (χ4v) is 6.28. The van der Waals surface area contributed by atoms with Gasteiger partial charge >= 0.3 is 0 Å². The average molecular weight is 551 g/mol. The normalized spacial score (nSPS) is 27.1. The lowest BCUT2D eigenvalue weighted by Gasteiger charge is -2.39. The Morgan fingerprint density at radius 2 is 0.889 bits per heavy atom. The number of nitrogens with one attached hydrogen (secondary N) is 2. The molecule has 0 radical (unpaired) electrons. The minimum Gasteiger partial charge on any atom is -0.284 e. The number of carbonyl (C=O) groups excluding carboxylic acids is 4. The van der Waals surface area contributed by atoms with Crippen LogP contribution < -0.4 is 9.44 Å². The number of nitrogens with zero attached hydrogens (tertiary/aromatic N) is 6. The van der Waals surface area contributed by atoms with E-state index < -0.39 is 43.7 Å². The molecule has 0 atom stereocenters. The maximum absolute atomic E-state index is 12.6. The second-order valence-corrected chi connectivity index (χ2v) is 13.0. The average Bonchev–Trinajstić information content (AvgIpc) is 2.79. The van der Waals surface area contributed by atoms with Crippen LogP contribution in [-0.2, 0) is 39.2 Å². The first-order valence-corrected chi connectivity index (χ1v) is 14.7. The summed E-state index contributed by atoms with van der Waals surface area (Å²) in [6, 6.07) is 0. The SMILES string of the molecule is O=C1CN(CCN2CC(=O)N(CN3CCS(=O)(=O)NC3)C(=O)C2)CC(=O)N1CN1CCS(=O)(=O)NC1. The highest BCUT2D eigenvalue weighted by Gasteiger charge is 2.36. The van der Waals surface area contributed by atoms with Crippen molar-refractivity contribution in [1.29, 1.82) is 0 Å². The highest BCUT2D eigenvalue weighted by Crippen LogP contribution is 2.11. The van der Waals surface area contributed by atoms with Crippen molar-refractivity contribution in [2.75, 3.05) is 90.5 Å². The number of hydrogen-bond donors (Lipinski definition) is 2. The quantitative estimate of drug-likeness (QED) is 0.288. The van der Waals surface area contributed by atoms with Crippen LogP contribution in [0.2, 0.25) is 0 Å². The van der Waals surface area contributed by atoms with Crippen molar-refractivity contribution in [3.63, 3.8) is 0 Å². The standard InChI is InChI=1S/C18H30N8O8S2/c27-15-7-21(8-16(28)25(15)13-23-3-5-35(31,32)19-11-23)1-2-22-9-17(29)26(18(30)10-22)14-24-4-6-36(33,34)20-12-24/h19-20H,1-14H2. The van der Waals surface area contributed by atoms with Gasteiger partial charge in [0, 0.05) is 26.2 Å². The Hall–Kier alpha value is -2.06. The van der Waals surface area contributed by atoms with E-state index in [0.717, 1.165) is 9.80 Å². The Labute approximate surface area is 209 Å². The molecule has 4 fully saturated rings. The smallest absolute Gasteiger partial charge is 0.244 e. The molecule has 36 heavy (non-hydrogen) atoms. The van der Waals surface area contributed by atoms with Gasteiger partial charge in [-0.15, -0.1) is 0 Å². The van der Waals surface area contributed by atoms with E-state index in [1.807, 2.05) is 0 Å². The van der Waals surface area contributed by atoms with Crippen LogP contribution in [0.25, 0.3) is 0 Å². The van der Waals surface area contributed by atoms with Crippen molar-refractivity contribution in [1.82, 2.24) is 38.8 Å². The number of hydrogen-bond acceptors (Lipinski definition) is 12. The molecular formula is C18H30N8O8S2. The molecule has 4 heterocycles. The Kier molecular flexibility index (Phi) is 8.05. The molecule has 2 N–H and O–H groups in total. The molecule has 0 bridgehead atoms. The lowest BCUT2D eigenvalue weighted by Crippen LogP contribution is -2.61. The van der Waals surface area contributed by atoms with Gasteiger partial charge in [-0.3, -0.25) is 48.6 Å². The zero-order chi connectivity index (χ0) is 26.1. The summed E-state index contributed by atoms with van der Waals surface area (Å²) < 4.78 is 50.6. The molecule has 0 saturated carbocycles. The molecule has 0 aromatic heterocycles. The molecule has 18 heteroatoms. The van der Waals surface area contributed by atoms with E-state index in [0.29, 0.717) is 13.1 Å². The Balaban J connectivity index is 1.21. The van der Waals surface area contributed by atoms with Crippen LogP contribution in [0, 0.1) is 0 Å². The molecule has 4 rings (SSSR count). The summed E-state index contributed by atoms with van der Waals surface area (Å²) in [6.07, 6.45) is 0. The van der Waals surface area contributed by atoms with Crippen molar-refractivity contribution in [3.05, 3.63) is 0 Å². The van der Waals surface area contributed by atoms with Crippen molar-refractivity contribution in [2.45, 2.75) is 0 Å². The molecule has 4 aliphatic rings. The fourth-order valence-electron chi connectivity index (χ4n) is 4.23. The van der Waals surface area contributed by atoms with Crippen LogP contribution in [0.15, 0.2) is 0 Å². The van der Waals surface area contributed by atoms with Gasteiger partial charge in [-0.1, -0.05) is 0 Å². The lowest BCUT2D eigenvalue weighted by molar-refractivity contribution is -0.157. The number of rotatable bonds is 7. The number of amides is 4. The van der Waals surface area contributed by atoms with E-state index in [4.69, 9.17) is 0 Å². The van der Waals surface area contributed by atoms with Gasteiger partial charge < -0.3 is 0 Å². The summed E-state index contributed by atoms with van der Waals surface area (Å²) in [6.45, 7) is 1.14. The van der Waals surface area contributed by atoms with E-state index in [1.165, 1.54) is 0 Å². The summed E-state index contributed by atoms with van der Waals surface area (Å²) in [5, 5.41) is 0. The fraction of sp³-hybridized carbons (Fsp3) is 0.778. The number of piperazine rings is 2. The van der Waals surface area contributed by atoms with Crippen LogP contribution in [-0.4, -0.2) is 160 Å². The minimum atomic E-state index is -3.30. The van der Waals surface area contributed by atoms with E-state index in [-0.39, 0.29) is 77.4 Å². The zero-order valence-electron chi connectivity index (χ0n) is 19.7. The Bertz CT molecular complexity index is 978. The monoisotopic (exact) mass is 550 g/mol. The summed E-state index contributed by atoms with van der Waals surface area (Å²) in [5.41, 5.74) is 0. The lowest BCUT2D eigenvalue weighted by atomic mass is 10.2. The molecule has 0 aliphatic carbocycles. The van der Waals surface area contributed by atoms with Crippen molar-refractivity contribution in [3.8, 4) is 0 Å². The zero-order valence-corrected chi connectivity index (χ0v) is 21.3. The molecular weight excluding hydrogens is 520 g/mol. The topological polar surface area (TPSA) is 180 Å². The molecule has 0 spiro atoms. The van der Waals surface area contributed by atoms with Gasteiger partial charge in [0.15, 0.2) is 0 Å². The van der Waals surface area contributed by atoms with Crippen LogP contribution >= 0.6 is 0 Å². The summed E-state index contributed by atoms with van der Waals surface area (Å²) >= 11 is 0. The molecule has 16 nitrogen and oxygen atoms in total. The molecule has 202 valence electrons. The molecule has 0 unspecified atom stereocenters. The van der Waals surface area contributed by atoms with Crippen LogP contribution in [0.5, 0.6) is 0 Å². The van der Waals surface area contributed by atoms with Crippen LogP contribution in [0.1, 0.15) is 0 Å². The summed E-state index contributed by atoms with van der Waals surface area (Å²) in [5.74, 6) is -1.78. The largest absolute Gasteiger partial charge is 0.284 e. The predicted octanol–water partition coefficient (Wildman–Crippen LogP) is -5.37. The third-order valence-corrected chi connectivity index (χ3v) is 9.00. The van der Waals surface area contributed by atoms with Crippen LogP contribution in [0.3, 0.4) is 0 Å². The van der Waals surface area contributed by atoms with Gasteiger partial charge in [-0.05, 0) is 0 Å². The molecule has 0 aromatic carbocycles. The van der Waals surface area contributed by atoms with Crippen LogP contribution in [0.4, 0.5) is 0 Å². The Morgan fingerprint density at radius 3 is 1.17 bits per heavy atom. The molecule has 0 aromatic rings. The van der Waals surface area contributed by atoms with Gasteiger partial charge in [-0.25, -0.2) is 26.3 Å². The van der Waals surface area contributed by atoms with Gasteiger partial charge in [0.05, 0.1) is 64.4 Å². The predicted molar refractivity (Wildman–Crippen MR) is 123 cm³/mol. The molecule has 4 saturated heterocycles. The third-order valence-electron chi connectivity index (χ3n) is 6.42. The number of imide groups is 2. The first-order chi connectivity index (χ1) is 16.9. The minimum absolute atomic E-state index is 0.00195. The maximum Gasteiger partial charge on any atom is 0.244 e. The molecule has 4 aliphatic heterocycles. The first kappa shape index (κ1) is 27.0. The van der Waals surface area contributed by atoms with Crippen molar-refractivity contribution < 1.29 is 36.0 Å². The van der Waals surface area contributed by atoms with Gasteiger partial charge in [-0.2, -0.15) is 0 Å². The van der Waals surface area contributed by atoms with E-state index >= 15 is 0 Å². The first-order valence-electron chi connectivity index (χ1n) is 11.4.